The van der Waals surface area contributed by atoms with Gasteiger partial charge in [-0.3, -0.25) is 4.79 Å². The van der Waals surface area contributed by atoms with Crippen LogP contribution in [0.25, 0.3) is 0 Å². The highest BCUT2D eigenvalue weighted by molar-refractivity contribution is 9.10. The third-order valence-corrected chi connectivity index (χ3v) is 2.72. The molecule has 0 fully saturated rings. The quantitative estimate of drug-likeness (QED) is 0.781. The van der Waals surface area contributed by atoms with Gasteiger partial charge in [-0.15, -0.1) is 0 Å². The average molecular weight is 302 g/mol. The van der Waals surface area contributed by atoms with Crippen LogP contribution in [0.5, 0.6) is 0 Å². The van der Waals surface area contributed by atoms with Crippen molar-refractivity contribution in [2.24, 2.45) is 0 Å². The van der Waals surface area contributed by atoms with Crippen molar-refractivity contribution in [2.75, 3.05) is 13.7 Å². The summed E-state index contributed by atoms with van der Waals surface area (Å²) in [6.45, 7) is 1.01. The van der Waals surface area contributed by atoms with Crippen LogP contribution in [0.1, 0.15) is 12.0 Å². The summed E-state index contributed by atoms with van der Waals surface area (Å²) in [5, 5.41) is 12.6. The maximum atomic E-state index is 10.9. The van der Waals surface area contributed by atoms with E-state index >= 15 is 0 Å². The minimum Gasteiger partial charge on any atom is -0.469 e. The molecule has 0 bridgehead atoms. The smallest absolute Gasteiger partial charge is 0.308 e. The van der Waals surface area contributed by atoms with E-state index < -0.39 is 12.1 Å². The maximum absolute atomic E-state index is 10.9. The van der Waals surface area contributed by atoms with Crippen LogP contribution in [0.4, 0.5) is 0 Å². The Labute approximate surface area is 109 Å². The SMILES string of the molecule is COC(=O)CC(O)CNCc1cccc(Br)c1. The highest BCUT2D eigenvalue weighted by Gasteiger charge is 2.10. The van der Waals surface area contributed by atoms with E-state index in [9.17, 15) is 9.90 Å². The third kappa shape index (κ3) is 5.81. The van der Waals surface area contributed by atoms with Crippen LogP contribution in [0.2, 0.25) is 0 Å². The molecule has 0 aromatic heterocycles. The number of halogens is 1. The number of esters is 1. The van der Waals surface area contributed by atoms with Crippen LogP contribution in [0.15, 0.2) is 28.7 Å². The first-order chi connectivity index (χ1) is 8.11. The van der Waals surface area contributed by atoms with Crippen molar-refractivity contribution < 1.29 is 14.6 Å². The van der Waals surface area contributed by atoms with Crippen LogP contribution in [0, 0.1) is 0 Å². The second-order valence-corrected chi connectivity index (χ2v) is 4.61. The lowest BCUT2D eigenvalue weighted by atomic mass is 10.2. The van der Waals surface area contributed by atoms with E-state index in [1.165, 1.54) is 7.11 Å². The molecular formula is C12H16BrNO3. The monoisotopic (exact) mass is 301 g/mol. The van der Waals surface area contributed by atoms with Crippen LogP contribution in [0.3, 0.4) is 0 Å². The Morgan fingerprint density at radius 2 is 2.35 bits per heavy atom. The molecule has 0 aliphatic rings. The summed E-state index contributed by atoms with van der Waals surface area (Å²) >= 11 is 3.39. The number of hydrogen-bond acceptors (Lipinski definition) is 4. The van der Waals surface area contributed by atoms with E-state index in [2.05, 4.69) is 26.0 Å². The maximum Gasteiger partial charge on any atom is 0.308 e. The molecule has 0 heterocycles. The lowest BCUT2D eigenvalue weighted by Gasteiger charge is -2.10. The summed E-state index contributed by atoms with van der Waals surface area (Å²) < 4.78 is 5.49. The molecule has 1 aromatic rings. The second-order valence-electron chi connectivity index (χ2n) is 3.69. The molecule has 0 radical (unpaired) electrons. The van der Waals surface area contributed by atoms with Crippen LogP contribution < -0.4 is 5.32 Å². The van der Waals surface area contributed by atoms with E-state index in [4.69, 9.17) is 0 Å². The number of carbonyl (C=O) groups is 1. The van der Waals surface area contributed by atoms with Crippen molar-refractivity contribution >= 4 is 21.9 Å². The summed E-state index contributed by atoms with van der Waals surface area (Å²) in [6, 6.07) is 7.89. The molecule has 5 heteroatoms. The van der Waals surface area contributed by atoms with E-state index in [1.807, 2.05) is 24.3 Å². The largest absolute Gasteiger partial charge is 0.469 e. The average Bonchev–Trinajstić information content (AvgIpc) is 2.29. The van der Waals surface area contributed by atoms with Gasteiger partial charge in [-0.1, -0.05) is 28.1 Å². The molecule has 0 saturated heterocycles. The number of ether oxygens (including phenoxy) is 1. The van der Waals surface area contributed by atoms with Gasteiger partial charge >= 0.3 is 5.97 Å². The van der Waals surface area contributed by atoms with E-state index in [0.29, 0.717) is 13.1 Å². The van der Waals surface area contributed by atoms with Crippen molar-refractivity contribution in [3.63, 3.8) is 0 Å². The summed E-state index contributed by atoms with van der Waals surface area (Å²) in [5.74, 6) is -0.401. The first-order valence-electron chi connectivity index (χ1n) is 5.32. The molecule has 1 rings (SSSR count). The minimum atomic E-state index is -0.713. The van der Waals surface area contributed by atoms with Crippen molar-refractivity contribution in [3.8, 4) is 0 Å². The zero-order valence-corrected chi connectivity index (χ0v) is 11.2. The third-order valence-electron chi connectivity index (χ3n) is 2.23. The molecule has 0 saturated carbocycles. The number of benzene rings is 1. The molecule has 0 aliphatic heterocycles. The molecule has 0 aliphatic carbocycles. The Morgan fingerprint density at radius 1 is 1.59 bits per heavy atom. The molecule has 0 spiro atoms. The van der Waals surface area contributed by atoms with Gasteiger partial charge < -0.3 is 15.2 Å². The van der Waals surface area contributed by atoms with E-state index in [1.54, 1.807) is 0 Å². The Kier molecular flexibility index (Phi) is 6.18. The van der Waals surface area contributed by atoms with Gasteiger partial charge in [0.1, 0.15) is 0 Å². The topological polar surface area (TPSA) is 58.6 Å². The van der Waals surface area contributed by atoms with Crippen molar-refractivity contribution in [2.45, 2.75) is 19.1 Å². The van der Waals surface area contributed by atoms with Crippen LogP contribution >= 0.6 is 15.9 Å². The summed E-state index contributed by atoms with van der Waals surface area (Å²) in [5.41, 5.74) is 1.12. The van der Waals surface area contributed by atoms with Gasteiger partial charge in [0.2, 0.25) is 0 Å². The van der Waals surface area contributed by atoms with Gasteiger partial charge in [-0.2, -0.15) is 0 Å². The van der Waals surface area contributed by atoms with Gasteiger partial charge in [0, 0.05) is 17.6 Å². The number of aliphatic hydroxyl groups excluding tert-OH is 1. The van der Waals surface area contributed by atoms with Crippen LogP contribution in [-0.2, 0) is 16.1 Å². The lowest BCUT2D eigenvalue weighted by Crippen LogP contribution is -2.28. The predicted molar refractivity (Wildman–Crippen MR) is 68.5 cm³/mol. The Hall–Kier alpha value is -0.910. The molecule has 1 unspecified atom stereocenters. The molecular weight excluding hydrogens is 286 g/mol. The fourth-order valence-electron chi connectivity index (χ4n) is 1.38. The number of rotatable bonds is 6. The number of hydrogen-bond donors (Lipinski definition) is 2. The summed E-state index contributed by atoms with van der Waals surface area (Å²) in [4.78, 5) is 10.9. The van der Waals surface area contributed by atoms with Crippen molar-refractivity contribution in [1.82, 2.24) is 5.32 Å². The van der Waals surface area contributed by atoms with E-state index in [-0.39, 0.29) is 6.42 Å². The molecule has 4 nitrogen and oxygen atoms in total. The normalized spacial score (nSPS) is 12.2. The molecule has 0 amide bonds. The van der Waals surface area contributed by atoms with Crippen molar-refractivity contribution in [1.29, 1.82) is 0 Å². The number of carbonyl (C=O) groups excluding carboxylic acids is 1. The Bertz CT molecular complexity index is 371. The first kappa shape index (κ1) is 14.2. The highest BCUT2D eigenvalue weighted by Crippen LogP contribution is 2.11. The molecule has 1 atom stereocenters. The predicted octanol–water partition coefficient (Wildman–Crippen LogP) is 1.46. The summed E-state index contributed by atoms with van der Waals surface area (Å²) in [7, 11) is 1.31. The van der Waals surface area contributed by atoms with Crippen molar-refractivity contribution in [3.05, 3.63) is 34.3 Å². The second kappa shape index (κ2) is 7.42. The van der Waals surface area contributed by atoms with Gasteiger partial charge in [-0.05, 0) is 17.7 Å². The summed E-state index contributed by atoms with van der Waals surface area (Å²) in [6.07, 6.45) is -0.697. The zero-order valence-electron chi connectivity index (χ0n) is 9.65. The zero-order chi connectivity index (χ0) is 12.7. The van der Waals surface area contributed by atoms with Gasteiger partial charge in [0.05, 0.1) is 19.6 Å². The van der Waals surface area contributed by atoms with Crippen LogP contribution in [-0.4, -0.2) is 30.8 Å². The Morgan fingerprint density at radius 3 is 3.00 bits per heavy atom. The number of nitrogens with one attached hydrogen (secondary N) is 1. The lowest BCUT2D eigenvalue weighted by molar-refractivity contribution is -0.142. The first-order valence-corrected chi connectivity index (χ1v) is 6.11. The molecule has 2 N–H and O–H groups in total. The van der Waals surface area contributed by atoms with Gasteiger partial charge in [0.15, 0.2) is 0 Å². The van der Waals surface area contributed by atoms with E-state index in [0.717, 1.165) is 10.0 Å². The molecule has 94 valence electrons. The fourth-order valence-corrected chi connectivity index (χ4v) is 1.82. The standard InChI is InChI=1S/C12H16BrNO3/c1-17-12(16)6-11(15)8-14-7-9-3-2-4-10(13)5-9/h2-5,11,14-15H,6-8H2,1H3. The fraction of sp³-hybridized carbons (Fsp3) is 0.417. The highest BCUT2D eigenvalue weighted by atomic mass is 79.9. The van der Waals surface area contributed by atoms with Gasteiger partial charge in [-0.25, -0.2) is 0 Å². The number of aliphatic hydroxyl groups is 1. The molecule has 17 heavy (non-hydrogen) atoms. The Balaban J connectivity index is 2.25. The minimum absolute atomic E-state index is 0.0159. The van der Waals surface area contributed by atoms with Gasteiger partial charge in [0.25, 0.3) is 0 Å². The number of methoxy groups -OCH3 is 1. The molecule has 1 aromatic carbocycles.